The normalized spacial score (nSPS) is 17.8. The van der Waals surface area contributed by atoms with E-state index in [4.69, 9.17) is 0 Å². The average molecular weight is 296 g/mol. The fourth-order valence-corrected chi connectivity index (χ4v) is 2.53. The zero-order valence-corrected chi connectivity index (χ0v) is 11.9. The largest absolute Gasteiger partial charge is 0.356 e. The molecule has 1 aliphatic heterocycles. The number of hydrogen-bond donors (Lipinski definition) is 3. The van der Waals surface area contributed by atoms with Crippen LogP contribution < -0.4 is 16.0 Å². The van der Waals surface area contributed by atoms with Crippen molar-refractivity contribution in [2.45, 2.75) is 32.2 Å². The molecule has 0 aliphatic carbocycles. The number of aromatic nitrogens is 1. The maximum absolute atomic E-state index is 11.6. The second-order valence-corrected chi connectivity index (χ2v) is 5.57. The molecule has 108 valence electrons. The summed E-state index contributed by atoms with van der Waals surface area (Å²) in [5.74, 6) is -0.508. The van der Waals surface area contributed by atoms with Crippen LogP contribution in [-0.2, 0) is 16.0 Å². The molecule has 0 radical (unpaired) electrons. The molecule has 1 atom stereocenters. The fraction of sp³-hybridized carbons (Fsp3) is 0.500. The first-order chi connectivity index (χ1) is 9.54. The zero-order valence-electron chi connectivity index (χ0n) is 11.1. The molecule has 0 spiro atoms. The van der Waals surface area contributed by atoms with Crippen LogP contribution in [0.2, 0.25) is 0 Å². The Balaban J connectivity index is 1.63. The highest BCUT2D eigenvalue weighted by molar-refractivity contribution is 7.09. The van der Waals surface area contributed by atoms with Crippen LogP contribution in [0.15, 0.2) is 5.38 Å². The first-order valence-electron chi connectivity index (χ1n) is 6.33. The summed E-state index contributed by atoms with van der Waals surface area (Å²) in [7, 11) is 0. The number of urea groups is 1. The molecule has 4 amide bonds. The molecule has 7 nitrogen and oxygen atoms in total. The van der Waals surface area contributed by atoms with Crippen LogP contribution in [0.1, 0.15) is 23.5 Å². The number of nitrogens with one attached hydrogen (secondary N) is 3. The van der Waals surface area contributed by atoms with E-state index in [1.165, 1.54) is 0 Å². The first kappa shape index (κ1) is 14.4. The number of carbonyl (C=O) groups is 3. The van der Waals surface area contributed by atoms with E-state index in [0.717, 1.165) is 10.7 Å². The van der Waals surface area contributed by atoms with Crippen molar-refractivity contribution in [3.8, 4) is 0 Å². The summed E-state index contributed by atoms with van der Waals surface area (Å²) in [5, 5.41) is 10.3. The van der Waals surface area contributed by atoms with Gasteiger partial charge in [0.15, 0.2) is 0 Å². The molecule has 8 heteroatoms. The lowest BCUT2D eigenvalue weighted by atomic mass is 10.1. The van der Waals surface area contributed by atoms with E-state index in [0.29, 0.717) is 19.4 Å². The molecule has 0 unspecified atom stereocenters. The lowest BCUT2D eigenvalue weighted by Crippen LogP contribution is -2.32. The van der Waals surface area contributed by atoms with Gasteiger partial charge in [-0.05, 0) is 13.3 Å². The lowest BCUT2D eigenvalue weighted by molar-refractivity contribution is -0.122. The molecule has 1 aromatic rings. The maximum atomic E-state index is 11.6. The molecular weight excluding hydrogens is 280 g/mol. The van der Waals surface area contributed by atoms with Crippen molar-refractivity contribution < 1.29 is 14.4 Å². The highest BCUT2D eigenvalue weighted by Gasteiger charge is 2.29. The number of carbonyl (C=O) groups excluding carboxylic acids is 3. The van der Waals surface area contributed by atoms with Crippen LogP contribution in [0, 0.1) is 6.92 Å². The Morgan fingerprint density at radius 1 is 1.50 bits per heavy atom. The third-order valence-corrected chi connectivity index (χ3v) is 3.71. The van der Waals surface area contributed by atoms with E-state index >= 15 is 0 Å². The third-order valence-electron chi connectivity index (χ3n) is 2.89. The van der Waals surface area contributed by atoms with Gasteiger partial charge < -0.3 is 10.6 Å². The van der Waals surface area contributed by atoms with Gasteiger partial charge in [0.2, 0.25) is 5.91 Å². The summed E-state index contributed by atoms with van der Waals surface area (Å²) in [6.07, 6.45) is 1.20. The maximum Gasteiger partial charge on any atom is 0.322 e. The predicted molar refractivity (Wildman–Crippen MR) is 73.3 cm³/mol. The van der Waals surface area contributed by atoms with Crippen molar-refractivity contribution in [1.82, 2.24) is 20.9 Å². The van der Waals surface area contributed by atoms with Crippen LogP contribution >= 0.6 is 11.3 Å². The number of aryl methyl sites for hydroxylation is 1. The number of hydrogen-bond acceptors (Lipinski definition) is 5. The molecular formula is C12H16N4O3S. The molecule has 3 N–H and O–H groups in total. The van der Waals surface area contributed by atoms with Crippen LogP contribution in [0.25, 0.3) is 0 Å². The van der Waals surface area contributed by atoms with E-state index in [2.05, 4.69) is 20.9 Å². The molecule has 0 saturated carbocycles. The standard InChI is InChI=1S/C12H16N4O3S/c1-7-14-8(6-20-7)4-5-13-10(17)3-2-9-11(18)16-12(19)15-9/h6,9H,2-5H2,1H3,(H,13,17)(H2,15,16,18,19)/t9-/m0/s1. The van der Waals surface area contributed by atoms with Crippen LogP contribution in [-0.4, -0.2) is 35.4 Å². The Kier molecular flexibility index (Phi) is 4.67. The van der Waals surface area contributed by atoms with Crippen molar-refractivity contribution in [2.75, 3.05) is 6.54 Å². The van der Waals surface area contributed by atoms with Gasteiger partial charge in [-0.15, -0.1) is 11.3 Å². The second kappa shape index (κ2) is 6.47. The molecule has 0 aromatic carbocycles. The van der Waals surface area contributed by atoms with Gasteiger partial charge in [-0.1, -0.05) is 0 Å². The summed E-state index contributed by atoms with van der Waals surface area (Å²) >= 11 is 1.58. The minimum absolute atomic E-state index is 0.133. The number of nitrogens with zero attached hydrogens (tertiary/aromatic N) is 1. The summed E-state index contributed by atoms with van der Waals surface area (Å²) in [6.45, 7) is 2.46. The van der Waals surface area contributed by atoms with Gasteiger partial charge in [0, 0.05) is 24.8 Å². The van der Waals surface area contributed by atoms with E-state index in [-0.39, 0.29) is 18.2 Å². The Morgan fingerprint density at radius 3 is 2.90 bits per heavy atom. The van der Waals surface area contributed by atoms with Gasteiger partial charge in [0.25, 0.3) is 5.91 Å². The monoisotopic (exact) mass is 296 g/mol. The zero-order chi connectivity index (χ0) is 14.5. The van der Waals surface area contributed by atoms with Crippen molar-refractivity contribution in [2.24, 2.45) is 0 Å². The quantitative estimate of drug-likeness (QED) is 0.648. The van der Waals surface area contributed by atoms with E-state index in [1.54, 1.807) is 11.3 Å². The molecule has 20 heavy (non-hydrogen) atoms. The molecule has 1 fully saturated rings. The van der Waals surface area contributed by atoms with Gasteiger partial charge in [0.1, 0.15) is 6.04 Å². The van der Waals surface area contributed by atoms with E-state index in [1.807, 2.05) is 12.3 Å². The van der Waals surface area contributed by atoms with Crippen LogP contribution in [0.4, 0.5) is 4.79 Å². The van der Waals surface area contributed by atoms with Crippen molar-refractivity contribution in [3.05, 3.63) is 16.1 Å². The van der Waals surface area contributed by atoms with Crippen LogP contribution in [0.3, 0.4) is 0 Å². The van der Waals surface area contributed by atoms with E-state index in [9.17, 15) is 14.4 Å². The highest BCUT2D eigenvalue weighted by atomic mass is 32.1. The Bertz CT molecular complexity index is 529. The van der Waals surface area contributed by atoms with Gasteiger partial charge in [-0.25, -0.2) is 9.78 Å². The van der Waals surface area contributed by atoms with Gasteiger partial charge in [-0.2, -0.15) is 0 Å². The number of imide groups is 1. The minimum Gasteiger partial charge on any atom is -0.356 e. The predicted octanol–water partition coefficient (Wildman–Crippen LogP) is 0.0984. The van der Waals surface area contributed by atoms with Gasteiger partial charge in [-0.3, -0.25) is 14.9 Å². The summed E-state index contributed by atoms with van der Waals surface area (Å²) in [6, 6.07) is -1.10. The molecule has 2 heterocycles. The van der Waals surface area contributed by atoms with Crippen LogP contribution in [0.5, 0.6) is 0 Å². The minimum atomic E-state index is -0.602. The van der Waals surface area contributed by atoms with Crippen molar-refractivity contribution >= 4 is 29.2 Å². The summed E-state index contributed by atoms with van der Waals surface area (Å²) in [5.41, 5.74) is 0.968. The number of amides is 4. The van der Waals surface area contributed by atoms with Crippen molar-refractivity contribution in [3.63, 3.8) is 0 Å². The Morgan fingerprint density at radius 2 is 2.30 bits per heavy atom. The van der Waals surface area contributed by atoms with Gasteiger partial charge in [0.05, 0.1) is 10.7 Å². The molecule has 0 bridgehead atoms. The SMILES string of the molecule is Cc1nc(CCNC(=O)CC[C@@H]2NC(=O)NC2=O)cs1. The second-order valence-electron chi connectivity index (χ2n) is 4.51. The molecule has 2 rings (SSSR count). The smallest absolute Gasteiger partial charge is 0.322 e. The molecule has 1 saturated heterocycles. The third kappa shape index (κ3) is 4.02. The molecule has 1 aliphatic rings. The first-order valence-corrected chi connectivity index (χ1v) is 7.21. The highest BCUT2D eigenvalue weighted by Crippen LogP contribution is 2.08. The van der Waals surface area contributed by atoms with E-state index < -0.39 is 12.1 Å². The average Bonchev–Trinajstić information content (AvgIpc) is 2.93. The Labute approximate surface area is 120 Å². The number of thiazole rings is 1. The summed E-state index contributed by atoms with van der Waals surface area (Å²) in [4.78, 5) is 38.1. The fourth-order valence-electron chi connectivity index (χ4n) is 1.88. The lowest BCUT2D eigenvalue weighted by Gasteiger charge is -2.07. The summed E-state index contributed by atoms with van der Waals surface area (Å²) < 4.78 is 0. The van der Waals surface area contributed by atoms with Crippen molar-refractivity contribution in [1.29, 1.82) is 0 Å². The number of rotatable bonds is 6. The topological polar surface area (TPSA) is 100 Å². The van der Waals surface area contributed by atoms with Gasteiger partial charge >= 0.3 is 6.03 Å². The molecule has 1 aromatic heterocycles. The Hall–Kier alpha value is -1.96.